The molecule has 5 heteroatoms. The van der Waals surface area contributed by atoms with Crippen molar-refractivity contribution in [1.82, 2.24) is 4.90 Å². The van der Waals surface area contributed by atoms with Gasteiger partial charge in [-0.15, -0.1) is 0 Å². The minimum atomic E-state index is -0.498. The summed E-state index contributed by atoms with van der Waals surface area (Å²) in [6, 6.07) is 7.17. The third kappa shape index (κ3) is 6.20. The Morgan fingerprint density at radius 3 is 2.48 bits per heavy atom. The molecule has 3 atom stereocenters. The molecule has 1 aromatic rings. The number of nitrogens with one attached hydrogen (secondary N) is 1. The fraction of sp³-hybridized carbons (Fsp3) is 0.611. The average molecular weight is 320 g/mol. The van der Waals surface area contributed by atoms with E-state index in [4.69, 9.17) is 4.74 Å². The molecule has 0 saturated carbocycles. The highest BCUT2D eigenvalue weighted by Crippen LogP contribution is 2.21. The van der Waals surface area contributed by atoms with Gasteiger partial charge in [0.25, 0.3) is 0 Å². The lowest BCUT2D eigenvalue weighted by molar-refractivity contribution is -0.114. The Bertz CT molecular complexity index is 493. The first-order valence-electron chi connectivity index (χ1n) is 8.33. The van der Waals surface area contributed by atoms with E-state index in [0.29, 0.717) is 24.1 Å². The minimum absolute atomic E-state index is 0.0981. The van der Waals surface area contributed by atoms with Gasteiger partial charge in [-0.1, -0.05) is 13.8 Å². The van der Waals surface area contributed by atoms with E-state index in [9.17, 15) is 9.90 Å². The maximum absolute atomic E-state index is 11.0. The number of aliphatic hydroxyl groups excluding tert-OH is 1. The Kier molecular flexibility index (Phi) is 6.42. The van der Waals surface area contributed by atoms with E-state index in [1.54, 1.807) is 24.3 Å². The zero-order chi connectivity index (χ0) is 16.8. The quantitative estimate of drug-likeness (QED) is 0.845. The molecule has 0 spiro atoms. The van der Waals surface area contributed by atoms with Crippen LogP contribution in [0.2, 0.25) is 0 Å². The number of likely N-dealkylation sites (tertiary alicyclic amines) is 1. The number of carbonyl (C=O) groups excluding carboxylic acids is 1. The van der Waals surface area contributed by atoms with Crippen molar-refractivity contribution < 1.29 is 14.6 Å². The Balaban J connectivity index is 1.75. The van der Waals surface area contributed by atoms with Gasteiger partial charge in [0, 0.05) is 32.2 Å². The molecule has 1 heterocycles. The van der Waals surface area contributed by atoms with Crippen LogP contribution in [0.1, 0.15) is 27.2 Å². The SMILES string of the molecule is CC(=O)Nc1ccc(OC[C@H](O)CN2C[C@@H](C)C[C@H](C)C2)cc1. The van der Waals surface area contributed by atoms with Crippen LogP contribution in [0.5, 0.6) is 5.75 Å². The van der Waals surface area contributed by atoms with Gasteiger partial charge in [0.15, 0.2) is 0 Å². The molecule has 128 valence electrons. The molecule has 0 unspecified atom stereocenters. The van der Waals surface area contributed by atoms with Gasteiger partial charge >= 0.3 is 0 Å². The topological polar surface area (TPSA) is 61.8 Å². The third-order valence-electron chi connectivity index (χ3n) is 4.03. The van der Waals surface area contributed by atoms with E-state index >= 15 is 0 Å². The van der Waals surface area contributed by atoms with E-state index in [0.717, 1.165) is 18.8 Å². The molecule has 23 heavy (non-hydrogen) atoms. The van der Waals surface area contributed by atoms with Crippen molar-refractivity contribution in [3.63, 3.8) is 0 Å². The molecule has 2 rings (SSSR count). The van der Waals surface area contributed by atoms with Gasteiger partial charge in [-0.05, 0) is 42.5 Å². The normalized spacial score (nSPS) is 23.3. The lowest BCUT2D eigenvalue weighted by Gasteiger charge is -2.35. The van der Waals surface area contributed by atoms with E-state index in [1.807, 2.05) is 0 Å². The number of β-amino-alcohol motifs (C(OH)–C–C–N with tert-alkyl or cyclic N) is 1. The molecule has 0 aliphatic carbocycles. The number of hydrogen-bond donors (Lipinski definition) is 2. The first-order valence-corrected chi connectivity index (χ1v) is 8.33. The zero-order valence-electron chi connectivity index (χ0n) is 14.3. The number of aliphatic hydroxyl groups is 1. The number of anilines is 1. The van der Waals surface area contributed by atoms with Gasteiger partial charge in [-0.25, -0.2) is 0 Å². The van der Waals surface area contributed by atoms with Crippen molar-refractivity contribution in [3.8, 4) is 5.75 Å². The molecule has 1 aliphatic rings. The second-order valence-electron chi connectivity index (χ2n) is 6.83. The molecule has 1 aliphatic heterocycles. The fourth-order valence-corrected chi connectivity index (χ4v) is 3.32. The summed E-state index contributed by atoms with van der Waals surface area (Å²) in [4.78, 5) is 13.3. The summed E-state index contributed by atoms with van der Waals surface area (Å²) >= 11 is 0. The van der Waals surface area contributed by atoms with E-state index in [-0.39, 0.29) is 12.5 Å². The molecule has 5 nitrogen and oxygen atoms in total. The van der Waals surface area contributed by atoms with Crippen LogP contribution in [0.15, 0.2) is 24.3 Å². The molecule has 1 saturated heterocycles. The predicted molar refractivity (Wildman–Crippen MR) is 91.6 cm³/mol. The number of amides is 1. The number of carbonyl (C=O) groups is 1. The maximum Gasteiger partial charge on any atom is 0.221 e. The summed E-state index contributed by atoms with van der Waals surface area (Å²) in [6.07, 6.45) is 0.770. The van der Waals surface area contributed by atoms with Crippen molar-refractivity contribution in [2.75, 3.05) is 31.6 Å². The molecule has 2 N–H and O–H groups in total. The monoisotopic (exact) mass is 320 g/mol. The van der Waals surface area contributed by atoms with E-state index in [1.165, 1.54) is 13.3 Å². The fourth-order valence-electron chi connectivity index (χ4n) is 3.32. The standard InChI is InChI=1S/C18H28N2O3/c1-13-8-14(2)10-20(9-13)11-17(22)12-23-18-6-4-16(5-7-18)19-15(3)21/h4-7,13-14,17,22H,8-12H2,1-3H3,(H,19,21)/t13-,14-,17+/m0/s1. The van der Waals surface area contributed by atoms with Crippen molar-refractivity contribution >= 4 is 11.6 Å². The van der Waals surface area contributed by atoms with Gasteiger partial charge in [0.1, 0.15) is 18.5 Å². The van der Waals surface area contributed by atoms with Crippen LogP contribution >= 0.6 is 0 Å². The third-order valence-corrected chi connectivity index (χ3v) is 4.03. The molecule has 1 fully saturated rings. The highest BCUT2D eigenvalue weighted by atomic mass is 16.5. The van der Waals surface area contributed by atoms with Gasteiger partial charge in [0.05, 0.1) is 0 Å². The first-order chi connectivity index (χ1) is 10.9. The maximum atomic E-state index is 11.0. The zero-order valence-corrected chi connectivity index (χ0v) is 14.3. The molecule has 0 radical (unpaired) electrons. The van der Waals surface area contributed by atoms with Gasteiger partial charge in [-0.3, -0.25) is 4.79 Å². The second kappa shape index (κ2) is 8.31. The number of piperidine rings is 1. The van der Waals surface area contributed by atoms with Gasteiger partial charge in [-0.2, -0.15) is 0 Å². The number of nitrogens with zero attached hydrogens (tertiary/aromatic N) is 1. The Morgan fingerprint density at radius 1 is 1.30 bits per heavy atom. The highest BCUT2D eigenvalue weighted by molar-refractivity contribution is 5.88. The van der Waals surface area contributed by atoms with Crippen LogP contribution in [-0.4, -0.2) is 48.3 Å². The largest absolute Gasteiger partial charge is 0.491 e. The van der Waals surface area contributed by atoms with E-state index < -0.39 is 6.10 Å². The summed E-state index contributed by atoms with van der Waals surface area (Å²) in [6.45, 7) is 9.03. The van der Waals surface area contributed by atoms with Crippen LogP contribution in [0.3, 0.4) is 0 Å². The van der Waals surface area contributed by atoms with Crippen molar-refractivity contribution in [1.29, 1.82) is 0 Å². The second-order valence-corrected chi connectivity index (χ2v) is 6.83. The summed E-state index contributed by atoms with van der Waals surface area (Å²) in [5, 5.41) is 12.9. The Hall–Kier alpha value is -1.59. The first kappa shape index (κ1) is 17.8. The van der Waals surface area contributed by atoms with Crippen molar-refractivity contribution in [2.45, 2.75) is 33.3 Å². The molecule has 0 bridgehead atoms. The Labute approximate surface area is 138 Å². The van der Waals surface area contributed by atoms with Crippen molar-refractivity contribution in [2.24, 2.45) is 11.8 Å². The Morgan fingerprint density at radius 2 is 1.91 bits per heavy atom. The molecule has 0 aromatic heterocycles. The van der Waals surface area contributed by atoms with Gasteiger partial charge < -0.3 is 20.1 Å². The van der Waals surface area contributed by atoms with Crippen LogP contribution in [0.25, 0.3) is 0 Å². The molecular formula is C18H28N2O3. The lowest BCUT2D eigenvalue weighted by Crippen LogP contribution is -2.43. The summed E-state index contributed by atoms with van der Waals surface area (Å²) in [5.41, 5.74) is 0.738. The number of rotatable bonds is 6. The predicted octanol–water partition coefficient (Wildman–Crippen LogP) is 2.36. The summed E-state index contributed by atoms with van der Waals surface area (Å²) < 4.78 is 5.63. The van der Waals surface area contributed by atoms with Crippen molar-refractivity contribution in [3.05, 3.63) is 24.3 Å². The number of benzene rings is 1. The summed E-state index contributed by atoms with van der Waals surface area (Å²) in [7, 11) is 0. The van der Waals surface area contributed by atoms with Crippen LogP contribution in [-0.2, 0) is 4.79 Å². The van der Waals surface area contributed by atoms with Crippen LogP contribution < -0.4 is 10.1 Å². The van der Waals surface area contributed by atoms with Crippen LogP contribution in [0, 0.1) is 11.8 Å². The smallest absolute Gasteiger partial charge is 0.221 e. The van der Waals surface area contributed by atoms with Crippen LogP contribution in [0.4, 0.5) is 5.69 Å². The number of ether oxygens (including phenoxy) is 1. The van der Waals surface area contributed by atoms with E-state index in [2.05, 4.69) is 24.1 Å². The number of hydrogen-bond acceptors (Lipinski definition) is 4. The molecule has 1 aromatic carbocycles. The highest BCUT2D eigenvalue weighted by Gasteiger charge is 2.23. The summed E-state index contributed by atoms with van der Waals surface area (Å²) in [5.74, 6) is 1.97. The molecular weight excluding hydrogens is 292 g/mol. The minimum Gasteiger partial charge on any atom is -0.491 e. The average Bonchev–Trinajstić information content (AvgIpc) is 2.45. The van der Waals surface area contributed by atoms with Gasteiger partial charge in [0.2, 0.25) is 5.91 Å². The lowest BCUT2D eigenvalue weighted by atomic mass is 9.92. The molecule has 1 amide bonds.